The average molecular weight is 436 g/mol. The lowest BCUT2D eigenvalue weighted by atomic mass is 10.1. The lowest BCUT2D eigenvalue weighted by Gasteiger charge is -2.12. The summed E-state index contributed by atoms with van der Waals surface area (Å²) in [7, 11) is 0. The highest BCUT2D eigenvalue weighted by Gasteiger charge is 2.15. The third kappa shape index (κ3) is 4.44. The predicted octanol–water partition coefficient (Wildman–Crippen LogP) is 5.97. The Kier molecular flexibility index (Phi) is 5.77. The number of imidazole rings is 1. The van der Waals surface area contributed by atoms with Crippen LogP contribution >= 0.6 is 0 Å². The topological polar surface area (TPSA) is 56.2 Å². The summed E-state index contributed by atoms with van der Waals surface area (Å²) in [6.45, 7) is 2.53. The zero-order valence-electron chi connectivity index (χ0n) is 18.5. The van der Waals surface area contributed by atoms with Gasteiger partial charge in [-0.15, -0.1) is 0 Å². The van der Waals surface area contributed by atoms with E-state index < -0.39 is 0 Å². The molecule has 0 saturated heterocycles. The summed E-state index contributed by atoms with van der Waals surface area (Å²) in [5, 5.41) is 5.17. The van der Waals surface area contributed by atoms with Gasteiger partial charge in [-0.25, -0.2) is 4.98 Å². The molecule has 33 heavy (non-hydrogen) atoms. The number of carbonyl (C=O) groups excluding carboxylic acids is 1. The van der Waals surface area contributed by atoms with E-state index in [0.29, 0.717) is 5.82 Å². The maximum atomic E-state index is 12.9. The Morgan fingerprint density at radius 1 is 0.909 bits per heavy atom. The van der Waals surface area contributed by atoms with Crippen LogP contribution in [-0.4, -0.2) is 15.5 Å². The third-order valence-corrected chi connectivity index (χ3v) is 5.79. The number of rotatable bonds is 7. The van der Waals surface area contributed by atoms with Crippen molar-refractivity contribution in [3.05, 3.63) is 102 Å². The molecule has 5 rings (SSSR count). The van der Waals surface area contributed by atoms with E-state index in [4.69, 9.17) is 9.72 Å². The van der Waals surface area contributed by atoms with Crippen LogP contribution in [0.1, 0.15) is 18.3 Å². The molecule has 0 aliphatic carbocycles. The van der Waals surface area contributed by atoms with E-state index in [1.807, 2.05) is 83.4 Å². The van der Waals surface area contributed by atoms with E-state index in [1.165, 1.54) is 5.56 Å². The van der Waals surface area contributed by atoms with Gasteiger partial charge in [0, 0.05) is 11.1 Å². The number of para-hydroxylation sites is 2. The molecule has 1 amide bonds. The van der Waals surface area contributed by atoms with Gasteiger partial charge in [0.05, 0.1) is 11.0 Å². The van der Waals surface area contributed by atoms with Crippen molar-refractivity contribution >= 4 is 33.4 Å². The number of anilines is 1. The summed E-state index contributed by atoms with van der Waals surface area (Å²) >= 11 is 0. The molecule has 0 spiro atoms. The van der Waals surface area contributed by atoms with Gasteiger partial charge in [0.2, 0.25) is 5.91 Å². The lowest BCUT2D eigenvalue weighted by Crippen LogP contribution is -2.20. The Bertz CT molecular complexity index is 1420. The van der Waals surface area contributed by atoms with E-state index in [0.717, 1.165) is 39.7 Å². The molecule has 1 heterocycles. The van der Waals surface area contributed by atoms with E-state index in [2.05, 4.69) is 24.4 Å². The van der Waals surface area contributed by atoms with Crippen LogP contribution in [0.2, 0.25) is 0 Å². The highest BCUT2D eigenvalue weighted by Crippen LogP contribution is 2.26. The number of carbonyl (C=O) groups is 1. The summed E-state index contributed by atoms with van der Waals surface area (Å²) in [5.74, 6) is 1.40. The predicted molar refractivity (Wildman–Crippen MR) is 132 cm³/mol. The Hall–Kier alpha value is -4.12. The number of nitrogens with zero attached hydrogens (tertiary/aromatic N) is 2. The van der Waals surface area contributed by atoms with E-state index in [-0.39, 0.29) is 19.1 Å². The van der Waals surface area contributed by atoms with Crippen molar-refractivity contribution in [3.8, 4) is 5.75 Å². The largest absolute Gasteiger partial charge is 0.485 e. The van der Waals surface area contributed by atoms with Crippen LogP contribution in [0.15, 0.2) is 91.0 Å². The zero-order valence-corrected chi connectivity index (χ0v) is 18.5. The molecule has 0 bridgehead atoms. The van der Waals surface area contributed by atoms with Crippen LogP contribution in [0.4, 0.5) is 5.69 Å². The zero-order chi connectivity index (χ0) is 22.6. The molecular weight excluding hydrogens is 410 g/mol. The monoisotopic (exact) mass is 435 g/mol. The molecule has 5 aromatic rings. The van der Waals surface area contributed by atoms with Crippen LogP contribution in [0.25, 0.3) is 21.8 Å². The number of hydrogen-bond acceptors (Lipinski definition) is 3. The summed E-state index contributed by atoms with van der Waals surface area (Å²) < 4.78 is 8.11. The number of aromatic nitrogens is 2. The highest BCUT2D eigenvalue weighted by atomic mass is 16.5. The molecular formula is C28H25N3O2. The van der Waals surface area contributed by atoms with Gasteiger partial charge >= 0.3 is 0 Å². The maximum Gasteiger partial charge on any atom is 0.244 e. The normalized spacial score (nSPS) is 11.1. The molecule has 164 valence electrons. The molecule has 0 atom stereocenters. The fraction of sp³-hybridized carbons (Fsp3) is 0.143. The number of benzene rings is 4. The number of amides is 1. The number of aryl methyl sites for hydroxylation is 1. The van der Waals surface area contributed by atoms with E-state index in [9.17, 15) is 4.79 Å². The Labute approximate surface area is 192 Å². The minimum atomic E-state index is -0.103. The molecule has 0 aliphatic rings. The minimum absolute atomic E-state index is 0.103. The molecule has 0 aliphatic heterocycles. The van der Waals surface area contributed by atoms with Gasteiger partial charge in [-0.05, 0) is 47.7 Å². The van der Waals surface area contributed by atoms with Gasteiger partial charge < -0.3 is 14.6 Å². The van der Waals surface area contributed by atoms with Crippen molar-refractivity contribution in [2.24, 2.45) is 0 Å². The molecule has 5 nitrogen and oxygen atoms in total. The number of fused-ring (bicyclic) bond motifs is 2. The van der Waals surface area contributed by atoms with Crippen LogP contribution in [0.5, 0.6) is 5.75 Å². The molecule has 4 aromatic carbocycles. The Morgan fingerprint density at radius 2 is 1.67 bits per heavy atom. The van der Waals surface area contributed by atoms with E-state index in [1.54, 1.807) is 0 Å². The Morgan fingerprint density at radius 3 is 2.52 bits per heavy atom. The maximum absolute atomic E-state index is 12.9. The van der Waals surface area contributed by atoms with Crippen molar-refractivity contribution in [1.82, 2.24) is 9.55 Å². The van der Waals surface area contributed by atoms with Gasteiger partial charge in [0.1, 0.15) is 24.7 Å². The molecule has 0 fully saturated rings. The quantitative estimate of drug-likeness (QED) is 0.343. The first kappa shape index (κ1) is 20.8. The molecule has 5 heteroatoms. The summed E-state index contributed by atoms with van der Waals surface area (Å²) in [4.78, 5) is 17.6. The fourth-order valence-corrected chi connectivity index (χ4v) is 4.04. The SMILES string of the molecule is CCc1ccc(NC(=O)Cn2c(COc3cccc4ccccc34)nc3ccccc32)cc1. The fourth-order valence-electron chi connectivity index (χ4n) is 4.04. The van der Waals surface area contributed by atoms with Crippen molar-refractivity contribution in [2.75, 3.05) is 5.32 Å². The Balaban J connectivity index is 1.39. The van der Waals surface area contributed by atoms with Gasteiger partial charge in [-0.2, -0.15) is 0 Å². The smallest absolute Gasteiger partial charge is 0.244 e. The average Bonchev–Trinajstić information content (AvgIpc) is 3.20. The summed E-state index contributed by atoms with van der Waals surface area (Å²) in [6, 6.07) is 29.9. The van der Waals surface area contributed by atoms with E-state index >= 15 is 0 Å². The second-order valence-corrected chi connectivity index (χ2v) is 7.97. The standard InChI is InChI=1S/C28H25N3O2/c1-2-20-14-16-22(17-15-20)29-28(32)18-31-25-12-6-5-11-24(25)30-27(31)19-33-26-13-7-9-21-8-3-4-10-23(21)26/h3-17H,2,18-19H2,1H3,(H,29,32). The van der Waals surface area contributed by atoms with Gasteiger partial charge in [-0.3, -0.25) is 4.79 Å². The van der Waals surface area contributed by atoms with Crippen LogP contribution < -0.4 is 10.1 Å². The van der Waals surface area contributed by atoms with Crippen molar-refractivity contribution in [3.63, 3.8) is 0 Å². The minimum Gasteiger partial charge on any atom is -0.485 e. The highest BCUT2D eigenvalue weighted by molar-refractivity contribution is 5.92. The first-order chi connectivity index (χ1) is 16.2. The van der Waals surface area contributed by atoms with Gasteiger partial charge in [0.15, 0.2) is 0 Å². The van der Waals surface area contributed by atoms with Crippen LogP contribution in [0.3, 0.4) is 0 Å². The third-order valence-electron chi connectivity index (χ3n) is 5.79. The number of nitrogens with one attached hydrogen (secondary N) is 1. The lowest BCUT2D eigenvalue weighted by molar-refractivity contribution is -0.116. The van der Waals surface area contributed by atoms with Crippen LogP contribution in [-0.2, 0) is 24.4 Å². The molecule has 0 saturated carbocycles. The second-order valence-electron chi connectivity index (χ2n) is 7.97. The molecule has 1 N–H and O–H groups in total. The van der Waals surface area contributed by atoms with Crippen LogP contribution in [0, 0.1) is 0 Å². The molecule has 0 radical (unpaired) electrons. The first-order valence-corrected chi connectivity index (χ1v) is 11.1. The van der Waals surface area contributed by atoms with Gasteiger partial charge in [0.25, 0.3) is 0 Å². The molecule has 0 unspecified atom stereocenters. The van der Waals surface area contributed by atoms with Crippen molar-refractivity contribution in [2.45, 2.75) is 26.5 Å². The van der Waals surface area contributed by atoms with Crippen molar-refractivity contribution < 1.29 is 9.53 Å². The summed E-state index contributed by atoms with van der Waals surface area (Å²) in [5.41, 5.74) is 3.77. The molecule has 1 aromatic heterocycles. The number of ether oxygens (including phenoxy) is 1. The van der Waals surface area contributed by atoms with Crippen molar-refractivity contribution in [1.29, 1.82) is 0 Å². The summed E-state index contributed by atoms with van der Waals surface area (Å²) in [6.07, 6.45) is 0.968. The second kappa shape index (κ2) is 9.17. The number of hydrogen-bond donors (Lipinski definition) is 1. The van der Waals surface area contributed by atoms with Gasteiger partial charge in [-0.1, -0.05) is 67.6 Å². The first-order valence-electron chi connectivity index (χ1n) is 11.1.